The van der Waals surface area contributed by atoms with Crippen molar-refractivity contribution < 1.29 is 9.53 Å². The van der Waals surface area contributed by atoms with Gasteiger partial charge >= 0.3 is 0 Å². The maximum atomic E-state index is 12.3. The van der Waals surface area contributed by atoms with Crippen LogP contribution < -0.4 is 4.74 Å². The second kappa shape index (κ2) is 4.84. The highest BCUT2D eigenvalue weighted by atomic mass is 16.5. The summed E-state index contributed by atoms with van der Waals surface area (Å²) in [5.74, 6) is 0.988. The number of ketones is 1. The molecule has 3 rings (SSSR count). The number of ether oxygens (including phenoxy) is 1. The van der Waals surface area contributed by atoms with E-state index in [-0.39, 0.29) is 11.7 Å². The van der Waals surface area contributed by atoms with Crippen molar-refractivity contribution in [1.29, 1.82) is 0 Å². The van der Waals surface area contributed by atoms with Gasteiger partial charge in [0.25, 0.3) is 0 Å². The minimum absolute atomic E-state index is 0.125. The summed E-state index contributed by atoms with van der Waals surface area (Å²) in [4.78, 5) is 16.7. The SMILES string of the molecule is COc1ccnc2c1C(=O)CC(c1ccccc1)C2. The largest absolute Gasteiger partial charge is 0.496 e. The van der Waals surface area contributed by atoms with Gasteiger partial charge in [0.1, 0.15) is 5.75 Å². The lowest BCUT2D eigenvalue weighted by Crippen LogP contribution is -2.20. The number of fused-ring (bicyclic) bond motifs is 1. The third-order valence-electron chi connectivity index (χ3n) is 3.63. The molecule has 0 spiro atoms. The molecule has 1 atom stereocenters. The molecular formula is C16H15NO2. The lowest BCUT2D eigenvalue weighted by Gasteiger charge is -2.24. The van der Waals surface area contributed by atoms with Crippen molar-refractivity contribution >= 4 is 5.78 Å². The second-order valence-corrected chi connectivity index (χ2v) is 4.77. The van der Waals surface area contributed by atoms with E-state index >= 15 is 0 Å². The smallest absolute Gasteiger partial charge is 0.169 e. The number of nitrogens with zero attached hydrogens (tertiary/aromatic N) is 1. The van der Waals surface area contributed by atoms with E-state index in [0.717, 1.165) is 12.1 Å². The van der Waals surface area contributed by atoms with Crippen molar-refractivity contribution in [2.75, 3.05) is 7.11 Å². The first-order valence-electron chi connectivity index (χ1n) is 6.39. The number of hydrogen-bond donors (Lipinski definition) is 0. The van der Waals surface area contributed by atoms with Crippen LogP contribution in [0, 0.1) is 0 Å². The Hall–Kier alpha value is -2.16. The lowest BCUT2D eigenvalue weighted by atomic mass is 9.81. The molecule has 0 aliphatic heterocycles. The minimum Gasteiger partial charge on any atom is -0.496 e. The first-order valence-corrected chi connectivity index (χ1v) is 6.39. The Balaban J connectivity index is 1.99. The minimum atomic E-state index is 0.125. The number of benzene rings is 1. The summed E-state index contributed by atoms with van der Waals surface area (Å²) in [7, 11) is 1.59. The molecular weight excluding hydrogens is 238 g/mol. The molecule has 1 heterocycles. The fourth-order valence-electron chi connectivity index (χ4n) is 2.70. The Bertz CT molecular complexity index is 607. The van der Waals surface area contributed by atoms with Gasteiger partial charge in [0.2, 0.25) is 0 Å². The zero-order valence-electron chi connectivity index (χ0n) is 10.8. The molecule has 3 heteroatoms. The summed E-state index contributed by atoms with van der Waals surface area (Å²) in [5, 5.41) is 0. The summed E-state index contributed by atoms with van der Waals surface area (Å²) in [5.41, 5.74) is 2.72. The van der Waals surface area contributed by atoms with Crippen LogP contribution in [0.5, 0.6) is 5.75 Å². The molecule has 0 N–H and O–H groups in total. The van der Waals surface area contributed by atoms with Crippen LogP contribution in [0.15, 0.2) is 42.6 Å². The first-order chi connectivity index (χ1) is 9.29. The quantitative estimate of drug-likeness (QED) is 0.826. The van der Waals surface area contributed by atoms with Crippen LogP contribution in [-0.2, 0) is 6.42 Å². The van der Waals surface area contributed by atoms with Crippen LogP contribution in [0.1, 0.15) is 34.0 Å². The number of aromatic nitrogens is 1. The molecule has 0 bridgehead atoms. The maximum Gasteiger partial charge on any atom is 0.169 e. The van der Waals surface area contributed by atoms with Gasteiger partial charge in [0.15, 0.2) is 5.78 Å². The van der Waals surface area contributed by atoms with Gasteiger partial charge in [0.05, 0.1) is 18.4 Å². The van der Waals surface area contributed by atoms with Crippen molar-refractivity contribution in [3.63, 3.8) is 0 Å². The van der Waals surface area contributed by atoms with Gasteiger partial charge in [-0.05, 0) is 24.0 Å². The molecule has 0 amide bonds. The van der Waals surface area contributed by atoms with Gasteiger partial charge in [-0.3, -0.25) is 9.78 Å². The summed E-state index contributed by atoms with van der Waals surface area (Å²) < 4.78 is 5.26. The maximum absolute atomic E-state index is 12.3. The van der Waals surface area contributed by atoms with Crippen LogP contribution in [0.3, 0.4) is 0 Å². The summed E-state index contributed by atoms with van der Waals surface area (Å²) in [6.07, 6.45) is 3.03. The highest BCUT2D eigenvalue weighted by molar-refractivity contribution is 6.01. The van der Waals surface area contributed by atoms with E-state index in [2.05, 4.69) is 17.1 Å². The molecule has 2 aromatic rings. The third-order valence-corrected chi connectivity index (χ3v) is 3.63. The van der Waals surface area contributed by atoms with Crippen molar-refractivity contribution in [1.82, 2.24) is 4.98 Å². The standard InChI is InChI=1S/C16H15NO2/c1-19-15-7-8-17-13-9-12(10-14(18)16(13)15)11-5-3-2-4-6-11/h2-8,12H,9-10H2,1H3. The number of pyridine rings is 1. The van der Waals surface area contributed by atoms with Crippen molar-refractivity contribution in [3.8, 4) is 5.75 Å². The number of rotatable bonds is 2. The second-order valence-electron chi connectivity index (χ2n) is 4.77. The van der Waals surface area contributed by atoms with E-state index in [9.17, 15) is 4.79 Å². The predicted molar refractivity (Wildman–Crippen MR) is 72.6 cm³/mol. The average Bonchev–Trinajstić information content (AvgIpc) is 2.47. The van der Waals surface area contributed by atoms with Gasteiger partial charge in [-0.15, -0.1) is 0 Å². The van der Waals surface area contributed by atoms with Crippen molar-refractivity contribution in [2.24, 2.45) is 0 Å². The topological polar surface area (TPSA) is 39.2 Å². The summed E-state index contributed by atoms with van der Waals surface area (Å²) >= 11 is 0. The Morgan fingerprint density at radius 1 is 1.16 bits per heavy atom. The molecule has 1 aromatic carbocycles. The predicted octanol–water partition coefficient (Wildman–Crippen LogP) is 3.00. The van der Waals surface area contributed by atoms with Crippen LogP contribution in [0.25, 0.3) is 0 Å². The Kier molecular flexibility index (Phi) is 3.03. The van der Waals surface area contributed by atoms with Gasteiger partial charge in [-0.2, -0.15) is 0 Å². The summed E-state index contributed by atoms with van der Waals surface area (Å²) in [6, 6.07) is 11.9. The van der Waals surface area contributed by atoms with Gasteiger partial charge in [-0.1, -0.05) is 30.3 Å². The molecule has 0 saturated carbocycles. The molecule has 3 nitrogen and oxygen atoms in total. The van der Waals surface area contributed by atoms with E-state index < -0.39 is 0 Å². The van der Waals surface area contributed by atoms with Gasteiger partial charge < -0.3 is 4.74 Å². The van der Waals surface area contributed by atoms with E-state index in [1.807, 2.05) is 18.2 Å². The molecule has 96 valence electrons. The average molecular weight is 253 g/mol. The fraction of sp³-hybridized carbons (Fsp3) is 0.250. The summed E-state index contributed by atoms with van der Waals surface area (Å²) in [6.45, 7) is 0. The van der Waals surface area contributed by atoms with Crippen LogP contribution in [0.4, 0.5) is 0 Å². The Morgan fingerprint density at radius 2 is 1.95 bits per heavy atom. The van der Waals surface area contributed by atoms with E-state index in [0.29, 0.717) is 17.7 Å². The molecule has 0 radical (unpaired) electrons. The molecule has 1 aliphatic carbocycles. The monoisotopic (exact) mass is 253 g/mol. The van der Waals surface area contributed by atoms with Crippen LogP contribution in [0.2, 0.25) is 0 Å². The number of carbonyl (C=O) groups excluding carboxylic acids is 1. The Labute approximate surface area is 112 Å². The molecule has 0 fully saturated rings. The van der Waals surface area contributed by atoms with Crippen LogP contribution in [-0.4, -0.2) is 17.9 Å². The molecule has 1 aliphatic rings. The lowest BCUT2D eigenvalue weighted by molar-refractivity contribution is 0.0959. The molecule has 1 aromatic heterocycles. The van der Waals surface area contributed by atoms with Crippen molar-refractivity contribution in [3.05, 3.63) is 59.4 Å². The van der Waals surface area contributed by atoms with Crippen LogP contribution >= 0.6 is 0 Å². The molecule has 19 heavy (non-hydrogen) atoms. The molecule has 0 saturated heterocycles. The van der Waals surface area contributed by atoms with E-state index in [1.165, 1.54) is 5.56 Å². The van der Waals surface area contributed by atoms with E-state index in [1.54, 1.807) is 19.4 Å². The normalized spacial score (nSPS) is 17.9. The van der Waals surface area contributed by atoms with Gasteiger partial charge in [-0.25, -0.2) is 0 Å². The van der Waals surface area contributed by atoms with E-state index in [4.69, 9.17) is 4.74 Å². The zero-order valence-corrected chi connectivity index (χ0v) is 10.8. The number of methoxy groups -OCH3 is 1. The first kappa shape index (κ1) is 11.9. The fourth-order valence-corrected chi connectivity index (χ4v) is 2.70. The number of Topliss-reactive ketones (excluding diaryl/α,β-unsaturated/α-hetero) is 1. The Morgan fingerprint density at radius 3 is 2.68 bits per heavy atom. The van der Waals surface area contributed by atoms with Gasteiger partial charge in [0, 0.05) is 12.6 Å². The third kappa shape index (κ3) is 2.12. The molecule has 1 unspecified atom stereocenters. The number of hydrogen-bond acceptors (Lipinski definition) is 3. The highest BCUT2D eigenvalue weighted by Crippen LogP contribution is 2.35. The zero-order chi connectivity index (χ0) is 13.2. The highest BCUT2D eigenvalue weighted by Gasteiger charge is 2.29. The van der Waals surface area contributed by atoms with Crippen molar-refractivity contribution in [2.45, 2.75) is 18.8 Å². The number of carbonyl (C=O) groups is 1.